The molecule has 7 heteroatoms. The van der Waals surface area contributed by atoms with Crippen LogP contribution in [-0.4, -0.2) is 38.6 Å². The van der Waals surface area contributed by atoms with Crippen molar-refractivity contribution in [3.63, 3.8) is 0 Å². The van der Waals surface area contributed by atoms with E-state index in [0.717, 1.165) is 32.6 Å². The number of methoxy groups -OCH3 is 4. The first-order chi connectivity index (χ1) is 12.2. The van der Waals surface area contributed by atoms with Crippen molar-refractivity contribution in [2.75, 3.05) is 28.4 Å². The summed E-state index contributed by atoms with van der Waals surface area (Å²) in [6.45, 7) is 0. The quantitative estimate of drug-likeness (QED) is 0.666. The van der Waals surface area contributed by atoms with Gasteiger partial charge in [-0.2, -0.15) is 0 Å². The van der Waals surface area contributed by atoms with Crippen LogP contribution in [0.4, 0.5) is 0 Å². The monoisotopic (exact) mass is 358 g/mol. The first-order valence-electron chi connectivity index (χ1n) is 7.48. The van der Waals surface area contributed by atoms with Gasteiger partial charge in [0.2, 0.25) is 0 Å². The molecule has 0 atom stereocenters. The van der Waals surface area contributed by atoms with Crippen molar-refractivity contribution in [3.05, 3.63) is 36.4 Å². The molecule has 0 N–H and O–H groups in total. The number of hydrogen-bond acceptors (Lipinski definition) is 7. The lowest BCUT2D eigenvalue weighted by atomic mass is 10.2. The smallest absolute Gasteiger partial charge is 0.152 e. The van der Waals surface area contributed by atoms with Gasteiger partial charge in [-0.25, -0.2) is 0 Å². The highest BCUT2D eigenvalue weighted by molar-refractivity contribution is 7.18. The Morgan fingerprint density at radius 2 is 1.08 bits per heavy atom. The fraction of sp³-hybridized carbons (Fsp3) is 0.222. The molecular formula is C18H18N2O4S. The van der Waals surface area contributed by atoms with Crippen molar-refractivity contribution in [1.82, 2.24) is 10.2 Å². The zero-order valence-electron chi connectivity index (χ0n) is 14.4. The van der Waals surface area contributed by atoms with Gasteiger partial charge < -0.3 is 18.9 Å². The molecule has 0 aliphatic heterocycles. The van der Waals surface area contributed by atoms with E-state index in [2.05, 4.69) is 10.2 Å². The SMILES string of the molecule is COc1ccc(OC)c(-c2nnc(-c3cc(OC)ccc3OC)s2)c1. The van der Waals surface area contributed by atoms with E-state index in [1.165, 1.54) is 11.3 Å². The van der Waals surface area contributed by atoms with Crippen LogP contribution >= 0.6 is 11.3 Å². The van der Waals surface area contributed by atoms with Gasteiger partial charge in [0.05, 0.1) is 39.6 Å². The molecule has 1 heterocycles. The summed E-state index contributed by atoms with van der Waals surface area (Å²) in [6, 6.07) is 11.1. The molecule has 0 amide bonds. The van der Waals surface area contributed by atoms with Crippen LogP contribution in [0, 0.1) is 0 Å². The Balaban J connectivity index is 2.07. The molecule has 25 heavy (non-hydrogen) atoms. The Hall–Kier alpha value is -2.80. The maximum atomic E-state index is 5.43. The first-order valence-corrected chi connectivity index (χ1v) is 8.30. The van der Waals surface area contributed by atoms with Crippen molar-refractivity contribution in [1.29, 1.82) is 0 Å². The molecule has 0 bridgehead atoms. The molecule has 1 aromatic heterocycles. The van der Waals surface area contributed by atoms with Gasteiger partial charge in [0.15, 0.2) is 10.0 Å². The molecule has 3 aromatic rings. The van der Waals surface area contributed by atoms with Gasteiger partial charge in [-0.3, -0.25) is 0 Å². The van der Waals surface area contributed by atoms with E-state index in [0.29, 0.717) is 11.5 Å². The molecule has 0 saturated carbocycles. The van der Waals surface area contributed by atoms with Crippen LogP contribution in [0.25, 0.3) is 21.1 Å². The highest BCUT2D eigenvalue weighted by Crippen LogP contribution is 2.40. The minimum absolute atomic E-state index is 0.709. The maximum absolute atomic E-state index is 5.43. The van der Waals surface area contributed by atoms with Gasteiger partial charge in [0.25, 0.3) is 0 Å². The number of ether oxygens (including phenoxy) is 4. The summed E-state index contributed by atoms with van der Waals surface area (Å²) >= 11 is 1.44. The summed E-state index contributed by atoms with van der Waals surface area (Å²) < 4.78 is 21.5. The summed E-state index contributed by atoms with van der Waals surface area (Å²) in [4.78, 5) is 0. The van der Waals surface area contributed by atoms with Crippen molar-refractivity contribution in [2.45, 2.75) is 0 Å². The minimum Gasteiger partial charge on any atom is -0.497 e. The van der Waals surface area contributed by atoms with Crippen LogP contribution in [0.1, 0.15) is 0 Å². The largest absolute Gasteiger partial charge is 0.497 e. The normalized spacial score (nSPS) is 10.4. The fourth-order valence-electron chi connectivity index (χ4n) is 2.40. The average molecular weight is 358 g/mol. The fourth-order valence-corrected chi connectivity index (χ4v) is 3.29. The topological polar surface area (TPSA) is 62.7 Å². The third-order valence-electron chi connectivity index (χ3n) is 3.70. The second kappa shape index (κ2) is 7.40. The number of hydrogen-bond donors (Lipinski definition) is 0. The average Bonchev–Trinajstić information content (AvgIpc) is 3.16. The van der Waals surface area contributed by atoms with Crippen molar-refractivity contribution >= 4 is 11.3 Å². The third-order valence-corrected chi connectivity index (χ3v) is 4.69. The molecule has 3 rings (SSSR count). The second-order valence-corrected chi connectivity index (χ2v) is 6.02. The van der Waals surface area contributed by atoms with Crippen LogP contribution in [0.15, 0.2) is 36.4 Å². The lowest BCUT2D eigenvalue weighted by Crippen LogP contribution is -1.90. The Labute approximate surface area is 150 Å². The molecular weight excluding hydrogens is 340 g/mol. The number of benzene rings is 2. The van der Waals surface area contributed by atoms with Crippen molar-refractivity contribution in [3.8, 4) is 44.1 Å². The molecule has 0 aliphatic carbocycles. The summed E-state index contributed by atoms with van der Waals surface area (Å²) in [5.41, 5.74) is 1.65. The predicted molar refractivity (Wildman–Crippen MR) is 97.0 cm³/mol. The van der Waals surface area contributed by atoms with Crippen LogP contribution < -0.4 is 18.9 Å². The molecule has 0 saturated heterocycles. The molecule has 0 unspecified atom stereocenters. The van der Waals surface area contributed by atoms with Crippen molar-refractivity contribution < 1.29 is 18.9 Å². The Kier molecular flexibility index (Phi) is 5.04. The molecule has 130 valence electrons. The highest BCUT2D eigenvalue weighted by atomic mass is 32.1. The van der Waals surface area contributed by atoms with Gasteiger partial charge in [0, 0.05) is 0 Å². The molecule has 0 radical (unpaired) electrons. The van der Waals surface area contributed by atoms with Crippen LogP contribution in [0.2, 0.25) is 0 Å². The molecule has 6 nitrogen and oxygen atoms in total. The number of nitrogens with zero attached hydrogens (tertiary/aromatic N) is 2. The summed E-state index contributed by atoms with van der Waals surface area (Å²) in [5.74, 6) is 2.88. The van der Waals surface area contributed by atoms with Crippen LogP contribution in [0.5, 0.6) is 23.0 Å². The van der Waals surface area contributed by atoms with E-state index in [1.54, 1.807) is 28.4 Å². The standard InChI is InChI=1S/C18H18N2O4S/c1-21-11-5-7-15(23-3)13(9-11)17-19-20-18(25-17)14-10-12(22-2)6-8-16(14)24-4/h5-10H,1-4H3. The molecule has 2 aromatic carbocycles. The summed E-state index contributed by atoms with van der Waals surface area (Å²) in [5, 5.41) is 10.1. The number of aromatic nitrogens is 2. The van der Waals surface area contributed by atoms with Gasteiger partial charge in [-0.05, 0) is 36.4 Å². The Morgan fingerprint density at radius 1 is 0.640 bits per heavy atom. The van der Waals surface area contributed by atoms with Gasteiger partial charge in [-0.1, -0.05) is 11.3 Å². The van der Waals surface area contributed by atoms with E-state index in [9.17, 15) is 0 Å². The van der Waals surface area contributed by atoms with E-state index >= 15 is 0 Å². The van der Waals surface area contributed by atoms with Gasteiger partial charge in [-0.15, -0.1) is 10.2 Å². The third kappa shape index (κ3) is 3.36. The summed E-state index contributed by atoms with van der Waals surface area (Å²) in [6.07, 6.45) is 0. The van der Waals surface area contributed by atoms with Gasteiger partial charge in [0.1, 0.15) is 23.0 Å². The zero-order chi connectivity index (χ0) is 17.8. The molecule has 0 aliphatic rings. The lowest BCUT2D eigenvalue weighted by Gasteiger charge is -2.08. The van der Waals surface area contributed by atoms with E-state index < -0.39 is 0 Å². The van der Waals surface area contributed by atoms with Gasteiger partial charge >= 0.3 is 0 Å². The maximum Gasteiger partial charge on any atom is 0.152 e. The van der Waals surface area contributed by atoms with Crippen LogP contribution in [0.3, 0.4) is 0 Å². The zero-order valence-corrected chi connectivity index (χ0v) is 15.2. The molecule has 0 spiro atoms. The lowest BCUT2D eigenvalue weighted by molar-refractivity contribution is 0.404. The Bertz CT molecular complexity index is 809. The Morgan fingerprint density at radius 3 is 1.44 bits per heavy atom. The predicted octanol–water partition coefficient (Wildman–Crippen LogP) is 3.91. The first kappa shape index (κ1) is 17.0. The van der Waals surface area contributed by atoms with Crippen LogP contribution in [-0.2, 0) is 0 Å². The second-order valence-electron chi connectivity index (χ2n) is 5.04. The molecule has 0 fully saturated rings. The van der Waals surface area contributed by atoms with E-state index in [1.807, 2.05) is 36.4 Å². The number of rotatable bonds is 6. The van der Waals surface area contributed by atoms with E-state index in [-0.39, 0.29) is 0 Å². The minimum atomic E-state index is 0.709. The van der Waals surface area contributed by atoms with E-state index in [4.69, 9.17) is 18.9 Å². The summed E-state index contributed by atoms with van der Waals surface area (Å²) in [7, 11) is 6.49. The van der Waals surface area contributed by atoms with Crippen molar-refractivity contribution in [2.24, 2.45) is 0 Å². The highest BCUT2D eigenvalue weighted by Gasteiger charge is 2.17.